The van der Waals surface area contributed by atoms with Crippen LogP contribution in [0.1, 0.15) is 50.7 Å². The van der Waals surface area contributed by atoms with Crippen LogP contribution in [-0.2, 0) is 15.9 Å². The first-order chi connectivity index (χ1) is 14.2. The van der Waals surface area contributed by atoms with Crippen molar-refractivity contribution in [2.24, 2.45) is 0 Å². The van der Waals surface area contributed by atoms with Crippen LogP contribution in [0.2, 0.25) is 0 Å². The van der Waals surface area contributed by atoms with Gasteiger partial charge in [-0.25, -0.2) is 9.37 Å². The van der Waals surface area contributed by atoms with Gasteiger partial charge >= 0.3 is 0 Å². The van der Waals surface area contributed by atoms with E-state index >= 15 is 0 Å². The van der Waals surface area contributed by atoms with Gasteiger partial charge in [0.15, 0.2) is 0 Å². The summed E-state index contributed by atoms with van der Waals surface area (Å²) in [4.78, 5) is 17.2. The van der Waals surface area contributed by atoms with Crippen LogP contribution >= 0.6 is 0 Å². The van der Waals surface area contributed by atoms with Crippen molar-refractivity contribution in [1.29, 1.82) is 5.26 Å². The molecule has 1 fully saturated rings. The van der Waals surface area contributed by atoms with Crippen LogP contribution in [0.4, 0.5) is 10.3 Å². The lowest BCUT2D eigenvalue weighted by atomic mass is 9.78. The molecular formula is C23H23FN4O2. The summed E-state index contributed by atoms with van der Waals surface area (Å²) in [6.07, 6.45) is 2.66. The van der Waals surface area contributed by atoms with Crippen molar-refractivity contribution < 1.29 is 14.3 Å². The van der Waals surface area contributed by atoms with E-state index in [9.17, 15) is 19.6 Å². The van der Waals surface area contributed by atoms with Crippen LogP contribution in [-0.4, -0.2) is 20.6 Å². The second kappa shape index (κ2) is 7.22. The summed E-state index contributed by atoms with van der Waals surface area (Å²) in [5, 5.41) is 22.8. The molecule has 1 saturated carbocycles. The van der Waals surface area contributed by atoms with Crippen molar-refractivity contribution in [3.8, 4) is 6.07 Å². The average molecular weight is 406 g/mol. The lowest BCUT2D eigenvalue weighted by molar-refractivity contribution is -0.120. The third kappa shape index (κ3) is 3.44. The molecule has 0 bridgehead atoms. The molecule has 1 atom stereocenters. The van der Waals surface area contributed by atoms with Gasteiger partial charge in [-0.2, -0.15) is 5.26 Å². The molecule has 0 saturated heterocycles. The number of carbonyl (C=O) groups is 1. The Morgan fingerprint density at radius 2 is 2.07 bits per heavy atom. The Morgan fingerprint density at radius 1 is 1.37 bits per heavy atom. The van der Waals surface area contributed by atoms with Gasteiger partial charge in [-0.15, -0.1) is 0 Å². The minimum Gasteiger partial charge on any atom is -0.385 e. The third-order valence-electron chi connectivity index (χ3n) is 5.99. The van der Waals surface area contributed by atoms with Crippen molar-refractivity contribution in [3.05, 3.63) is 59.4 Å². The number of benzene rings is 2. The zero-order valence-electron chi connectivity index (χ0n) is 16.9. The van der Waals surface area contributed by atoms with Crippen molar-refractivity contribution in [3.63, 3.8) is 0 Å². The number of hydrogen-bond acceptors (Lipinski definition) is 4. The number of nitrogens with one attached hydrogen (secondary N) is 1. The number of fused-ring (bicyclic) bond motifs is 1. The zero-order chi connectivity index (χ0) is 21.5. The zero-order valence-corrected chi connectivity index (χ0v) is 16.9. The number of nitrogens with zero attached hydrogens (tertiary/aromatic N) is 3. The van der Waals surface area contributed by atoms with Crippen molar-refractivity contribution >= 4 is 22.9 Å². The molecule has 1 aromatic heterocycles. The number of anilines is 1. The maximum atomic E-state index is 14.1. The first kappa shape index (κ1) is 20.0. The molecule has 4 rings (SSSR count). The maximum Gasteiger partial charge on any atom is 0.229 e. The highest BCUT2D eigenvalue weighted by Crippen LogP contribution is 2.43. The molecule has 1 amide bonds. The molecule has 0 spiro atoms. The van der Waals surface area contributed by atoms with E-state index in [-0.39, 0.29) is 17.5 Å². The Morgan fingerprint density at radius 3 is 2.67 bits per heavy atom. The summed E-state index contributed by atoms with van der Waals surface area (Å²) in [6, 6.07) is 13.6. The Labute approximate surface area is 174 Å². The van der Waals surface area contributed by atoms with Crippen LogP contribution < -0.4 is 5.32 Å². The normalized spacial score (nSPS) is 17.0. The first-order valence-electron chi connectivity index (χ1n) is 9.94. The molecule has 1 aliphatic rings. The van der Waals surface area contributed by atoms with Gasteiger partial charge in [0.2, 0.25) is 11.9 Å². The van der Waals surface area contributed by atoms with Gasteiger partial charge in [-0.3, -0.25) is 10.1 Å². The van der Waals surface area contributed by atoms with E-state index in [1.54, 1.807) is 31.2 Å². The fourth-order valence-corrected chi connectivity index (χ4v) is 4.11. The summed E-state index contributed by atoms with van der Waals surface area (Å²) in [7, 11) is 0. The molecule has 1 unspecified atom stereocenters. The minimum atomic E-state index is -1.34. The smallest absolute Gasteiger partial charge is 0.229 e. The molecule has 2 aromatic carbocycles. The molecular weight excluding hydrogens is 383 g/mol. The number of aliphatic hydroxyl groups is 1. The van der Waals surface area contributed by atoms with Gasteiger partial charge in [0.05, 0.1) is 28.6 Å². The fraction of sp³-hybridized carbons (Fsp3) is 0.348. The SMILES string of the molecule is CC(O)(CC(=O)Nc1nc2cc(F)c(C#N)cc2n1C1(C)CCC1)c1ccccc1. The molecule has 154 valence electrons. The van der Waals surface area contributed by atoms with Gasteiger partial charge in [-0.05, 0) is 44.7 Å². The van der Waals surface area contributed by atoms with Crippen molar-refractivity contribution in [2.45, 2.75) is 50.7 Å². The van der Waals surface area contributed by atoms with Gasteiger partial charge in [-0.1, -0.05) is 30.3 Å². The number of aromatic nitrogens is 2. The highest BCUT2D eigenvalue weighted by Gasteiger charge is 2.38. The van der Waals surface area contributed by atoms with Crippen molar-refractivity contribution in [2.75, 3.05) is 5.32 Å². The third-order valence-corrected chi connectivity index (χ3v) is 5.99. The van der Waals surface area contributed by atoms with E-state index in [0.29, 0.717) is 22.5 Å². The van der Waals surface area contributed by atoms with E-state index in [1.165, 1.54) is 12.1 Å². The lowest BCUT2D eigenvalue weighted by Crippen LogP contribution is -2.38. The highest BCUT2D eigenvalue weighted by molar-refractivity contribution is 5.92. The molecule has 3 aromatic rings. The summed E-state index contributed by atoms with van der Waals surface area (Å²) in [5.74, 6) is -0.738. The van der Waals surface area contributed by atoms with Crippen LogP contribution in [0, 0.1) is 17.1 Å². The van der Waals surface area contributed by atoms with E-state index in [1.807, 2.05) is 16.7 Å². The van der Waals surface area contributed by atoms with Crippen LogP contribution in [0.15, 0.2) is 42.5 Å². The van der Waals surface area contributed by atoms with Gasteiger partial charge in [0, 0.05) is 11.6 Å². The number of nitriles is 1. The Bertz CT molecular complexity index is 1160. The van der Waals surface area contributed by atoms with E-state index in [2.05, 4.69) is 17.2 Å². The van der Waals surface area contributed by atoms with Gasteiger partial charge < -0.3 is 9.67 Å². The van der Waals surface area contributed by atoms with Crippen molar-refractivity contribution in [1.82, 2.24) is 9.55 Å². The second-order valence-corrected chi connectivity index (χ2v) is 8.42. The fourth-order valence-electron chi connectivity index (χ4n) is 4.11. The highest BCUT2D eigenvalue weighted by atomic mass is 19.1. The standard InChI is InChI=1S/C23H23FN4O2/c1-22(9-6-10-22)28-19-11-15(14-25)17(24)12-18(19)26-21(28)27-20(29)13-23(2,30)16-7-4-3-5-8-16/h3-5,7-8,11-12,30H,6,9-10,13H2,1-2H3,(H,26,27,29). The van der Waals surface area contributed by atoms with E-state index in [4.69, 9.17) is 0 Å². The number of rotatable bonds is 5. The molecule has 6 nitrogen and oxygen atoms in total. The van der Waals surface area contributed by atoms with Gasteiger partial charge in [0.1, 0.15) is 11.9 Å². The molecule has 0 radical (unpaired) electrons. The minimum absolute atomic E-state index is 0.0588. The largest absolute Gasteiger partial charge is 0.385 e. The number of hydrogen-bond donors (Lipinski definition) is 2. The number of halogens is 1. The monoisotopic (exact) mass is 406 g/mol. The van der Waals surface area contributed by atoms with Crippen LogP contribution in [0.5, 0.6) is 0 Å². The average Bonchev–Trinajstić information content (AvgIpc) is 3.02. The first-order valence-corrected chi connectivity index (χ1v) is 9.94. The molecule has 30 heavy (non-hydrogen) atoms. The Kier molecular flexibility index (Phi) is 4.83. The Balaban J connectivity index is 1.69. The molecule has 2 N–H and O–H groups in total. The number of imidazole rings is 1. The lowest BCUT2D eigenvalue weighted by Gasteiger charge is -2.41. The molecule has 0 aliphatic heterocycles. The molecule has 1 heterocycles. The van der Waals surface area contributed by atoms with E-state index in [0.717, 1.165) is 19.3 Å². The number of amides is 1. The maximum absolute atomic E-state index is 14.1. The summed E-state index contributed by atoms with van der Waals surface area (Å²) in [6.45, 7) is 3.65. The molecule has 1 aliphatic carbocycles. The second-order valence-electron chi connectivity index (χ2n) is 8.42. The van der Waals surface area contributed by atoms with Crippen LogP contribution in [0.25, 0.3) is 11.0 Å². The van der Waals surface area contributed by atoms with Gasteiger partial charge in [0.25, 0.3) is 0 Å². The van der Waals surface area contributed by atoms with Crippen LogP contribution in [0.3, 0.4) is 0 Å². The number of carbonyl (C=O) groups excluding carboxylic acids is 1. The topological polar surface area (TPSA) is 90.9 Å². The summed E-state index contributed by atoms with van der Waals surface area (Å²) >= 11 is 0. The summed E-state index contributed by atoms with van der Waals surface area (Å²) in [5.41, 5.74) is -0.0474. The predicted molar refractivity (Wildman–Crippen MR) is 111 cm³/mol. The van der Waals surface area contributed by atoms with E-state index < -0.39 is 17.3 Å². The Hall–Kier alpha value is -3.24. The molecule has 7 heteroatoms. The quantitative estimate of drug-likeness (QED) is 0.665. The predicted octanol–water partition coefficient (Wildman–Crippen LogP) is 4.18. The summed E-state index contributed by atoms with van der Waals surface area (Å²) < 4.78 is 16.0.